The van der Waals surface area contributed by atoms with E-state index in [4.69, 9.17) is 0 Å². The zero-order valence-corrected chi connectivity index (χ0v) is 14.2. The number of aromatic nitrogens is 1. The van der Waals surface area contributed by atoms with Crippen LogP contribution in [0.4, 0.5) is 13.2 Å². The number of para-hydroxylation sites is 1. The van der Waals surface area contributed by atoms with Crippen molar-refractivity contribution in [2.24, 2.45) is 0 Å². The Bertz CT molecular complexity index is 998. The van der Waals surface area contributed by atoms with E-state index in [1.165, 1.54) is 12.1 Å². The fraction of sp³-hybridized carbons (Fsp3) is 0.0667. The molecule has 126 valence electrons. The molecule has 0 atom stereocenters. The third-order valence-electron chi connectivity index (χ3n) is 3.26. The van der Waals surface area contributed by atoms with Crippen molar-refractivity contribution >= 4 is 37.0 Å². The molecule has 0 fully saturated rings. The Balaban J connectivity index is 2.07. The first-order chi connectivity index (χ1) is 11.2. The summed E-state index contributed by atoms with van der Waals surface area (Å²) in [5.74, 6) is -0.425. The van der Waals surface area contributed by atoms with E-state index < -0.39 is 21.4 Å². The quantitative estimate of drug-likeness (QED) is 0.459. The van der Waals surface area contributed by atoms with Gasteiger partial charge in [-0.05, 0) is 46.3 Å². The minimum absolute atomic E-state index is 0.0960. The maximum absolute atomic E-state index is 12.5. The van der Waals surface area contributed by atoms with E-state index in [9.17, 15) is 21.6 Å². The molecule has 0 N–H and O–H groups in total. The summed E-state index contributed by atoms with van der Waals surface area (Å²) < 4.78 is 65.8. The van der Waals surface area contributed by atoms with Crippen LogP contribution in [0.1, 0.15) is 0 Å². The summed E-state index contributed by atoms with van der Waals surface area (Å²) >= 11 is 3.06. The van der Waals surface area contributed by atoms with Crippen molar-refractivity contribution in [2.45, 2.75) is 5.51 Å². The van der Waals surface area contributed by atoms with Crippen LogP contribution in [-0.2, 0) is 10.1 Å². The fourth-order valence-corrected chi connectivity index (χ4v) is 3.17. The number of nitrogens with zero attached hydrogens (tertiary/aromatic N) is 1. The van der Waals surface area contributed by atoms with E-state index in [0.717, 1.165) is 5.69 Å². The number of hydrogen-bond acceptors (Lipinski definition) is 3. The van der Waals surface area contributed by atoms with Gasteiger partial charge < -0.3 is 8.75 Å². The Morgan fingerprint density at radius 3 is 2.33 bits per heavy atom. The molecule has 1 heterocycles. The van der Waals surface area contributed by atoms with Crippen molar-refractivity contribution in [1.82, 2.24) is 4.57 Å². The molecule has 0 spiro atoms. The van der Waals surface area contributed by atoms with Crippen molar-refractivity contribution in [3.8, 4) is 11.4 Å². The second-order valence-electron chi connectivity index (χ2n) is 4.85. The molecule has 0 aliphatic carbocycles. The fourth-order valence-electron chi connectivity index (χ4n) is 2.18. The minimum atomic E-state index is -5.72. The first-order valence-electron chi connectivity index (χ1n) is 6.56. The highest BCUT2D eigenvalue weighted by Crippen LogP contribution is 2.35. The Labute approximate surface area is 143 Å². The van der Waals surface area contributed by atoms with E-state index in [0.29, 0.717) is 10.9 Å². The van der Waals surface area contributed by atoms with Gasteiger partial charge in [-0.1, -0.05) is 18.2 Å². The highest BCUT2D eigenvalue weighted by Gasteiger charge is 2.48. The van der Waals surface area contributed by atoms with E-state index in [-0.39, 0.29) is 4.47 Å². The number of alkyl halides is 3. The Morgan fingerprint density at radius 2 is 1.71 bits per heavy atom. The summed E-state index contributed by atoms with van der Waals surface area (Å²) in [6.07, 6.45) is 1.73. The molecule has 24 heavy (non-hydrogen) atoms. The van der Waals surface area contributed by atoms with Crippen molar-refractivity contribution < 1.29 is 25.8 Å². The van der Waals surface area contributed by atoms with Crippen LogP contribution in [0, 0.1) is 0 Å². The van der Waals surface area contributed by atoms with Gasteiger partial charge in [-0.15, -0.1) is 0 Å². The van der Waals surface area contributed by atoms with Crippen LogP contribution < -0.4 is 4.18 Å². The van der Waals surface area contributed by atoms with E-state index in [1.54, 1.807) is 12.3 Å². The molecular weight excluding hydrogens is 411 g/mol. The zero-order valence-electron chi connectivity index (χ0n) is 11.8. The van der Waals surface area contributed by atoms with Gasteiger partial charge in [0, 0.05) is 17.3 Å². The third-order valence-corrected chi connectivity index (χ3v) is 4.85. The van der Waals surface area contributed by atoms with Gasteiger partial charge in [0.1, 0.15) is 0 Å². The van der Waals surface area contributed by atoms with E-state index in [2.05, 4.69) is 20.1 Å². The summed E-state index contributed by atoms with van der Waals surface area (Å²) in [6.45, 7) is 0. The first kappa shape index (κ1) is 16.8. The number of rotatable bonds is 3. The van der Waals surface area contributed by atoms with Crippen LogP contribution in [-0.4, -0.2) is 18.5 Å². The minimum Gasteiger partial charge on any atom is -0.375 e. The molecular formula is C15H9BrF3NO3S. The number of benzene rings is 2. The zero-order chi connectivity index (χ0) is 17.5. The molecule has 0 aliphatic heterocycles. The molecule has 0 radical (unpaired) electrons. The number of fused-ring (bicyclic) bond motifs is 1. The molecule has 0 unspecified atom stereocenters. The molecule has 4 nitrogen and oxygen atoms in total. The molecule has 0 amide bonds. The predicted molar refractivity (Wildman–Crippen MR) is 86.6 cm³/mol. The molecule has 0 saturated heterocycles. The van der Waals surface area contributed by atoms with Crippen molar-refractivity contribution in [2.75, 3.05) is 0 Å². The molecule has 0 bridgehead atoms. The molecule has 1 aromatic heterocycles. The maximum Gasteiger partial charge on any atom is 0.534 e. The molecule has 0 saturated carbocycles. The topological polar surface area (TPSA) is 48.3 Å². The molecule has 0 aliphatic rings. The lowest BCUT2D eigenvalue weighted by Crippen LogP contribution is -2.28. The molecule has 3 rings (SSSR count). The van der Waals surface area contributed by atoms with Gasteiger partial charge in [0.2, 0.25) is 0 Å². The summed E-state index contributed by atoms with van der Waals surface area (Å²) in [4.78, 5) is 0. The summed E-state index contributed by atoms with van der Waals surface area (Å²) in [7, 11) is -5.72. The monoisotopic (exact) mass is 419 g/mol. The summed E-state index contributed by atoms with van der Waals surface area (Å²) in [5, 5.41) is 0.537. The lowest BCUT2D eigenvalue weighted by atomic mass is 10.2. The van der Waals surface area contributed by atoms with E-state index >= 15 is 0 Å². The van der Waals surface area contributed by atoms with Crippen LogP contribution >= 0.6 is 15.9 Å². The van der Waals surface area contributed by atoms with Gasteiger partial charge in [0.25, 0.3) is 0 Å². The standard InChI is InChI=1S/C15H9BrF3NO3S/c16-12-9-13-10(6-7-20(13)11-4-2-1-3-5-11)8-14(12)23-24(21,22)15(17,18)19/h1-9H. The molecule has 2 aromatic carbocycles. The van der Waals surface area contributed by atoms with E-state index in [1.807, 2.05) is 34.9 Å². The Kier molecular flexibility index (Phi) is 4.08. The van der Waals surface area contributed by atoms with Gasteiger partial charge in [0.05, 0.1) is 9.99 Å². The van der Waals surface area contributed by atoms with Crippen LogP contribution in [0.15, 0.2) is 59.2 Å². The normalized spacial score (nSPS) is 12.5. The second-order valence-corrected chi connectivity index (χ2v) is 7.24. The summed E-state index contributed by atoms with van der Waals surface area (Å²) in [5.41, 5.74) is -3.95. The SMILES string of the molecule is O=S(=O)(Oc1cc2ccn(-c3ccccc3)c2cc1Br)C(F)(F)F. The molecule has 3 aromatic rings. The van der Waals surface area contributed by atoms with Crippen LogP contribution in [0.5, 0.6) is 5.75 Å². The average molecular weight is 420 g/mol. The number of halogens is 4. The van der Waals surface area contributed by atoms with Gasteiger partial charge in [0.15, 0.2) is 5.75 Å². The van der Waals surface area contributed by atoms with Gasteiger partial charge >= 0.3 is 15.6 Å². The lowest BCUT2D eigenvalue weighted by Gasteiger charge is -2.11. The Morgan fingerprint density at radius 1 is 1.04 bits per heavy atom. The summed E-state index contributed by atoms with van der Waals surface area (Å²) in [6, 6.07) is 13.7. The van der Waals surface area contributed by atoms with Crippen molar-refractivity contribution in [3.63, 3.8) is 0 Å². The predicted octanol–water partition coefficient (Wildman–Crippen LogP) is 4.62. The average Bonchev–Trinajstić information content (AvgIpc) is 2.90. The maximum atomic E-state index is 12.5. The van der Waals surface area contributed by atoms with Gasteiger partial charge in [-0.2, -0.15) is 21.6 Å². The van der Waals surface area contributed by atoms with Gasteiger partial charge in [-0.3, -0.25) is 0 Å². The lowest BCUT2D eigenvalue weighted by molar-refractivity contribution is -0.0500. The first-order valence-corrected chi connectivity index (χ1v) is 8.76. The van der Waals surface area contributed by atoms with Gasteiger partial charge in [-0.25, -0.2) is 0 Å². The highest BCUT2D eigenvalue weighted by atomic mass is 79.9. The van der Waals surface area contributed by atoms with Crippen LogP contribution in [0.3, 0.4) is 0 Å². The highest BCUT2D eigenvalue weighted by molar-refractivity contribution is 9.10. The largest absolute Gasteiger partial charge is 0.534 e. The number of hydrogen-bond donors (Lipinski definition) is 0. The third kappa shape index (κ3) is 3.01. The van der Waals surface area contributed by atoms with Crippen molar-refractivity contribution in [3.05, 3.63) is 59.2 Å². The second kappa shape index (κ2) is 5.82. The van der Waals surface area contributed by atoms with Crippen LogP contribution in [0.25, 0.3) is 16.6 Å². The van der Waals surface area contributed by atoms with Crippen molar-refractivity contribution in [1.29, 1.82) is 0 Å². The smallest absolute Gasteiger partial charge is 0.375 e. The Hall–Kier alpha value is -2.00. The molecule has 9 heteroatoms. The van der Waals surface area contributed by atoms with Crippen LogP contribution in [0.2, 0.25) is 0 Å².